The second kappa shape index (κ2) is 8.17. The van der Waals surface area contributed by atoms with E-state index in [0.29, 0.717) is 0 Å². The van der Waals surface area contributed by atoms with E-state index in [9.17, 15) is 0 Å². The summed E-state index contributed by atoms with van der Waals surface area (Å²) in [7, 11) is 0. The first kappa shape index (κ1) is 19.9. The molecule has 2 heterocycles. The highest BCUT2D eigenvalue weighted by Crippen LogP contribution is 2.46. The highest BCUT2D eigenvalue weighted by molar-refractivity contribution is 5.63. The molecule has 0 bridgehead atoms. The quantitative estimate of drug-likeness (QED) is 0.460. The van der Waals surface area contributed by atoms with Crippen LogP contribution < -0.4 is 11.1 Å². The van der Waals surface area contributed by atoms with Gasteiger partial charge in [-0.3, -0.25) is 0 Å². The molecule has 0 aliphatic carbocycles. The normalized spacial score (nSPS) is 13.4. The van der Waals surface area contributed by atoms with Gasteiger partial charge in [-0.2, -0.15) is 5.10 Å². The second-order valence-electron chi connectivity index (χ2n) is 7.69. The summed E-state index contributed by atoms with van der Waals surface area (Å²) in [5.74, 6) is 1.22. The van der Waals surface area contributed by atoms with Gasteiger partial charge in [0.15, 0.2) is 0 Å². The second-order valence-corrected chi connectivity index (χ2v) is 7.69. The van der Waals surface area contributed by atoms with E-state index in [-0.39, 0.29) is 6.15 Å². The molecule has 4 nitrogen and oxygen atoms in total. The third-order valence-electron chi connectivity index (χ3n) is 5.97. The monoisotopic (exact) mass is 396 g/mol. The minimum Gasteiger partial charge on any atom is -0.344 e. The van der Waals surface area contributed by atoms with E-state index in [4.69, 9.17) is 0 Å². The van der Waals surface area contributed by atoms with Crippen LogP contribution in [0.4, 0.5) is 5.82 Å². The van der Waals surface area contributed by atoms with Gasteiger partial charge in [0, 0.05) is 18.7 Å². The van der Waals surface area contributed by atoms with E-state index in [1.165, 1.54) is 28.1 Å². The number of anilines is 1. The van der Waals surface area contributed by atoms with Crippen molar-refractivity contribution in [3.63, 3.8) is 0 Å². The van der Waals surface area contributed by atoms with Crippen LogP contribution >= 0.6 is 0 Å². The molecule has 1 aromatic heterocycles. The molecular formula is C26H28N4. The highest BCUT2D eigenvalue weighted by atomic mass is 15.4. The largest absolute Gasteiger partial charge is 0.344 e. The summed E-state index contributed by atoms with van der Waals surface area (Å²) in [5, 5.41) is 4.68. The summed E-state index contributed by atoms with van der Waals surface area (Å²) >= 11 is 0. The zero-order chi connectivity index (χ0) is 19.7. The van der Waals surface area contributed by atoms with Crippen molar-refractivity contribution in [3.8, 4) is 0 Å². The molecule has 0 unspecified atom stereocenters. The van der Waals surface area contributed by atoms with Crippen molar-refractivity contribution in [1.82, 2.24) is 15.9 Å². The van der Waals surface area contributed by atoms with Gasteiger partial charge in [-0.1, -0.05) is 91.0 Å². The van der Waals surface area contributed by atoms with Crippen LogP contribution in [0.15, 0.2) is 97.2 Å². The Kier molecular flexibility index (Phi) is 5.42. The SMILES string of the molecule is Cc1cnn2c1N(C(c1ccccc1)(c1ccccc1)c1ccccc1)CCC2.N. The molecule has 3 aromatic carbocycles. The summed E-state index contributed by atoms with van der Waals surface area (Å²) < 4.78 is 2.17. The molecular weight excluding hydrogens is 368 g/mol. The van der Waals surface area contributed by atoms with Crippen molar-refractivity contribution in [2.24, 2.45) is 0 Å². The molecule has 3 N–H and O–H groups in total. The number of rotatable bonds is 4. The predicted octanol–water partition coefficient (Wildman–Crippen LogP) is 5.56. The first-order chi connectivity index (χ1) is 14.3. The van der Waals surface area contributed by atoms with E-state index in [1.54, 1.807) is 0 Å². The molecule has 1 aliphatic heterocycles. The lowest BCUT2D eigenvalue weighted by molar-refractivity contribution is 0.451. The van der Waals surface area contributed by atoms with Crippen LogP contribution in [0.5, 0.6) is 0 Å². The van der Waals surface area contributed by atoms with Gasteiger partial charge in [0.05, 0.1) is 6.20 Å². The Bertz CT molecular complexity index is 991. The molecule has 0 spiro atoms. The Hall–Kier alpha value is -3.37. The van der Waals surface area contributed by atoms with Gasteiger partial charge in [-0.05, 0) is 30.0 Å². The lowest BCUT2D eigenvalue weighted by Gasteiger charge is -2.48. The van der Waals surface area contributed by atoms with Crippen molar-refractivity contribution in [1.29, 1.82) is 0 Å². The van der Waals surface area contributed by atoms with Gasteiger partial charge in [0.1, 0.15) is 11.4 Å². The zero-order valence-corrected chi connectivity index (χ0v) is 17.4. The Morgan fingerprint density at radius 2 is 1.17 bits per heavy atom. The van der Waals surface area contributed by atoms with Crippen LogP contribution in [0.2, 0.25) is 0 Å². The fourth-order valence-corrected chi connectivity index (χ4v) is 4.80. The molecule has 152 valence electrons. The number of fused-ring (bicyclic) bond motifs is 1. The first-order valence-electron chi connectivity index (χ1n) is 10.3. The topological polar surface area (TPSA) is 56.1 Å². The molecule has 4 aromatic rings. The van der Waals surface area contributed by atoms with Crippen LogP contribution in [0.1, 0.15) is 28.7 Å². The molecule has 0 saturated heterocycles. The van der Waals surface area contributed by atoms with Gasteiger partial charge >= 0.3 is 0 Å². The molecule has 0 radical (unpaired) electrons. The average molecular weight is 397 g/mol. The van der Waals surface area contributed by atoms with Gasteiger partial charge < -0.3 is 11.1 Å². The summed E-state index contributed by atoms with van der Waals surface area (Å²) in [6.07, 6.45) is 3.07. The molecule has 30 heavy (non-hydrogen) atoms. The number of hydrogen-bond acceptors (Lipinski definition) is 3. The maximum atomic E-state index is 4.68. The van der Waals surface area contributed by atoms with Crippen LogP contribution in [-0.4, -0.2) is 16.3 Å². The Morgan fingerprint density at radius 3 is 1.63 bits per heavy atom. The molecule has 0 amide bonds. The van der Waals surface area contributed by atoms with Gasteiger partial charge in [0.2, 0.25) is 0 Å². The van der Waals surface area contributed by atoms with Crippen molar-refractivity contribution in [3.05, 3.63) is 119 Å². The lowest BCUT2D eigenvalue weighted by Crippen LogP contribution is -2.51. The van der Waals surface area contributed by atoms with Crippen LogP contribution in [0.25, 0.3) is 0 Å². The highest BCUT2D eigenvalue weighted by Gasteiger charge is 2.44. The van der Waals surface area contributed by atoms with E-state index in [0.717, 1.165) is 19.5 Å². The van der Waals surface area contributed by atoms with Crippen molar-refractivity contribution in [2.75, 3.05) is 11.4 Å². The van der Waals surface area contributed by atoms with Crippen molar-refractivity contribution < 1.29 is 0 Å². The Morgan fingerprint density at radius 1 is 0.700 bits per heavy atom. The average Bonchev–Trinajstić information content (AvgIpc) is 3.18. The van der Waals surface area contributed by atoms with Crippen molar-refractivity contribution >= 4 is 5.82 Å². The fraction of sp³-hybridized carbons (Fsp3) is 0.192. The summed E-state index contributed by atoms with van der Waals surface area (Å²) in [5.41, 5.74) is 4.61. The predicted molar refractivity (Wildman–Crippen MR) is 123 cm³/mol. The van der Waals surface area contributed by atoms with Gasteiger partial charge in [-0.25, -0.2) is 4.68 Å². The molecule has 0 fully saturated rings. The Labute approximate surface area is 178 Å². The Balaban J connectivity index is 0.00000218. The third-order valence-corrected chi connectivity index (χ3v) is 5.97. The van der Waals surface area contributed by atoms with Crippen LogP contribution in [0.3, 0.4) is 0 Å². The number of benzene rings is 3. The number of aryl methyl sites for hydroxylation is 2. The number of hydrogen-bond donors (Lipinski definition) is 1. The van der Waals surface area contributed by atoms with Crippen LogP contribution in [-0.2, 0) is 12.1 Å². The minimum atomic E-state index is -0.424. The summed E-state index contributed by atoms with van der Waals surface area (Å²) in [4.78, 5) is 2.57. The van der Waals surface area contributed by atoms with Crippen LogP contribution in [0, 0.1) is 6.92 Å². The zero-order valence-electron chi connectivity index (χ0n) is 17.4. The first-order valence-corrected chi connectivity index (χ1v) is 10.3. The molecule has 1 aliphatic rings. The maximum absolute atomic E-state index is 4.68. The van der Waals surface area contributed by atoms with Gasteiger partial charge in [0.25, 0.3) is 0 Å². The van der Waals surface area contributed by atoms with E-state index in [2.05, 4.69) is 113 Å². The molecule has 4 heteroatoms. The maximum Gasteiger partial charge on any atom is 0.131 e. The van der Waals surface area contributed by atoms with E-state index < -0.39 is 5.54 Å². The van der Waals surface area contributed by atoms with Gasteiger partial charge in [-0.15, -0.1) is 0 Å². The molecule has 5 rings (SSSR count). The van der Waals surface area contributed by atoms with E-state index >= 15 is 0 Å². The number of nitrogens with zero attached hydrogens (tertiary/aromatic N) is 3. The lowest BCUT2D eigenvalue weighted by atomic mass is 9.75. The van der Waals surface area contributed by atoms with E-state index in [1.807, 2.05) is 6.20 Å². The number of aromatic nitrogens is 2. The summed E-state index contributed by atoms with van der Waals surface area (Å²) in [6.45, 7) is 4.11. The minimum absolute atomic E-state index is 0. The summed E-state index contributed by atoms with van der Waals surface area (Å²) in [6, 6.07) is 32.7. The standard InChI is InChI=1S/C26H25N3.H3N/c1-21-20-27-29-19-11-18-28(25(21)29)26(22-12-5-2-6-13-22,23-14-7-3-8-15-23)24-16-9-4-10-17-24;/h2-10,12-17,20H,11,18-19H2,1H3;1H3. The fourth-order valence-electron chi connectivity index (χ4n) is 4.80. The molecule has 0 saturated carbocycles. The smallest absolute Gasteiger partial charge is 0.131 e. The molecule has 0 atom stereocenters. The third kappa shape index (κ3) is 3.01. The van der Waals surface area contributed by atoms with Crippen molar-refractivity contribution in [2.45, 2.75) is 25.4 Å².